The number of allylic oxidation sites excluding steroid dienone is 2. The molecule has 13 heavy (non-hydrogen) atoms. The van der Waals surface area contributed by atoms with E-state index in [0.717, 1.165) is 0 Å². The monoisotopic (exact) mass is 180 g/mol. The fraction of sp³-hybridized carbons (Fsp3) is 0.364. The van der Waals surface area contributed by atoms with Crippen molar-refractivity contribution in [1.29, 1.82) is 0 Å². The molecule has 0 saturated carbocycles. The first-order valence-corrected chi connectivity index (χ1v) is 4.25. The lowest BCUT2D eigenvalue weighted by atomic mass is 10.0. The van der Waals surface area contributed by atoms with Crippen molar-refractivity contribution < 1.29 is 9.53 Å². The molecule has 0 saturated heterocycles. The first-order valence-electron chi connectivity index (χ1n) is 4.25. The summed E-state index contributed by atoms with van der Waals surface area (Å²) in [5.41, 5.74) is 0. The zero-order chi connectivity index (χ0) is 10.1. The Bertz CT molecular complexity index is 184. The average molecular weight is 180 g/mol. The van der Waals surface area contributed by atoms with Gasteiger partial charge in [0.05, 0.1) is 5.92 Å². The van der Waals surface area contributed by atoms with Gasteiger partial charge in [-0.25, -0.2) is 0 Å². The number of carbonyl (C=O) groups excluding carboxylic acids is 1. The largest absolute Gasteiger partial charge is 0.461 e. The van der Waals surface area contributed by atoms with Crippen LogP contribution in [0.1, 0.15) is 12.8 Å². The highest BCUT2D eigenvalue weighted by atomic mass is 16.5. The zero-order valence-corrected chi connectivity index (χ0v) is 7.87. The molecule has 0 fully saturated rings. The second kappa shape index (κ2) is 7.35. The summed E-state index contributed by atoms with van der Waals surface area (Å²) < 4.78 is 4.91. The average Bonchev–Trinajstić information content (AvgIpc) is 2.14. The molecule has 2 heteroatoms. The quantitative estimate of drug-likeness (QED) is 0.444. The van der Waals surface area contributed by atoms with Crippen molar-refractivity contribution in [2.75, 3.05) is 6.61 Å². The van der Waals surface area contributed by atoms with Crippen LogP contribution in [0.15, 0.2) is 38.0 Å². The molecule has 0 aromatic heterocycles. The van der Waals surface area contributed by atoms with Crippen molar-refractivity contribution in [2.24, 2.45) is 5.92 Å². The van der Waals surface area contributed by atoms with Gasteiger partial charge in [0.2, 0.25) is 0 Å². The lowest BCUT2D eigenvalue weighted by Gasteiger charge is -2.10. The van der Waals surface area contributed by atoms with E-state index < -0.39 is 0 Å². The van der Waals surface area contributed by atoms with Crippen LogP contribution in [-0.4, -0.2) is 12.6 Å². The van der Waals surface area contributed by atoms with Crippen molar-refractivity contribution >= 4 is 5.97 Å². The van der Waals surface area contributed by atoms with Gasteiger partial charge < -0.3 is 4.74 Å². The third-order valence-electron chi connectivity index (χ3n) is 1.58. The van der Waals surface area contributed by atoms with Crippen LogP contribution in [0.2, 0.25) is 0 Å². The van der Waals surface area contributed by atoms with E-state index in [4.69, 9.17) is 4.74 Å². The predicted molar refractivity (Wildman–Crippen MR) is 54.3 cm³/mol. The van der Waals surface area contributed by atoms with E-state index in [1.165, 1.54) is 0 Å². The first-order chi connectivity index (χ1) is 6.26. The molecule has 0 radical (unpaired) electrons. The smallest absolute Gasteiger partial charge is 0.309 e. The van der Waals surface area contributed by atoms with E-state index in [9.17, 15) is 4.79 Å². The van der Waals surface area contributed by atoms with Gasteiger partial charge in [-0.15, -0.1) is 13.2 Å². The van der Waals surface area contributed by atoms with Gasteiger partial charge in [0.15, 0.2) is 0 Å². The van der Waals surface area contributed by atoms with Crippen LogP contribution in [0.3, 0.4) is 0 Å². The minimum atomic E-state index is -0.209. The standard InChI is InChI=1S/C11H16O2/c1-4-7-10(8-5-2)11(12)13-9-6-3/h4-6,10H,1-3,7-9H2. The van der Waals surface area contributed by atoms with Crippen LogP contribution >= 0.6 is 0 Å². The molecule has 2 nitrogen and oxygen atoms in total. The summed E-state index contributed by atoms with van der Waals surface area (Å²) in [5.74, 6) is -0.352. The normalized spacial score (nSPS) is 9.31. The Morgan fingerprint density at radius 3 is 2.08 bits per heavy atom. The minimum absolute atomic E-state index is 0.144. The van der Waals surface area contributed by atoms with Crippen molar-refractivity contribution in [3.8, 4) is 0 Å². The lowest BCUT2D eigenvalue weighted by Crippen LogP contribution is -2.16. The molecule has 0 bridgehead atoms. The second-order valence-electron chi connectivity index (χ2n) is 2.66. The van der Waals surface area contributed by atoms with Gasteiger partial charge in [0.1, 0.15) is 6.61 Å². The zero-order valence-electron chi connectivity index (χ0n) is 7.87. The SMILES string of the molecule is C=CCOC(=O)C(CC=C)CC=C. The van der Waals surface area contributed by atoms with E-state index in [0.29, 0.717) is 12.8 Å². The van der Waals surface area contributed by atoms with Crippen LogP contribution in [0.4, 0.5) is 0 Å². The molecule has 0 rings (SSSR count). The molecule has 72 valence electrons. The van der Waals surface area contributed by atoms with Crippen molar-refractivity contribution in [2.45, 2.75) is 12.8 Å². The fourth-order valence-corrected chi connectivity index (χ4v) is 0.950. The summed E-state index contributed by atoms with van der Waals surface area (Å²) in [4.78, 5) is 11.3. The molecule has 0 aliphatic heterocycles. The molecule has 0 aromatic rings. The minimum Gasteiger partial charge on any atom is -0.461 e. The summed E-state index contributed by atoms with van der Waals surface area (Å²) in [7, 11) is 0. The molecule has 0 N–H and O–H groups in total. The molecular weight excluding hydrogens is 164 g/mol. The van der Waals surface area contributed by atoms with E-state index in [2.05, 4.69) is 19.7 Å². The molecule has 0 atom stereocenters. The lowest BCUT2D eigenvalue weighted by molar-refractivity contribution is -0.147. The highest BCUT2D eigenvalue weighted by Crippen LogP contribution is 2.11. The van der Waals surface area contributed by atoms with Crippen molar-refractivity contribution in [3.05, 3.63) is 38.0 Å². The van der Waals surface area contributed by atoms with E-state index in [-0.39, 0.29) is 18.5 Å². The van der Waals surface area contributed by atoms with E-state index >= 15 is 0 Å². The van der Waals surface area contributed by atoms with Crippen molar-refractivity contribution in [3.63, 3.8) is 0 Å². The molecule has 0 spiro atoms. The highest BCUT2D eigenvalue weighted by molar-refractivity contribution is 5.72. The third-order valence-corrected chi connectivity index (χ3v) is 1.58. The molecule has 0 aliphatic rings. The summed E-state index contributed by atoms with van der Waals surface area (Å²) in [6.45, 7) is 10.9. The van der Waals surface area contributed by atoms with Crippen molar-refractivity contribution in [1.82, 2.24) is 0 Å². The topological polar surface area (TPSA) is 26.3 Å². The number of hydrogen-bond donors (Lipinski definition) is 0. The number of hydrogen-bond acceptors (Lipinski definition) is 2. The number of carbonyl (C=O) groups is 1. The maximum Gasteiger partial charge on any atom is 0.309 e. The number of rotatable bonds is 7. The van der Waals surface area contributed by atoms with Gasteiger partial charge in [-0.3, -0.25) is 4.79 Å². The Hall–Kier alpha value is -1.31. The Morgan fingerprint density at radius 2 is 1.69 bits per heavy atom. The summed E-state index contributed by atoms with van der Waals surface area (Å²) in [5, 5.41) is 0. The molecule has 0 aromatic carbocycles. The van der Waals surface area contributed by atoms with Crippen LogP contribution in [0.25, 0.3) is 0 Å². The van der Waals surface area contributed by atoms with E-state index in [1.807, 2.05) is 0 Å². The highest BCUT2D eigenvalue weighted by Gasteiger charge is 2.15. The maximum absolute atomic E-state index is 11.3. The van der Waals surface area contributed by atoms with Crippen LogP contribution in [0, 0.1) is 5.92 Å². The summed E-state index contributed by atoms with van der Waals surface area (Å²) >= 11 is 0. The van der Waals surface area contributed by atoms with Gasteiger partial charge in [0.25, 0.3) is 0 Å². The van der Waals surface area contributed by atoms with Gasteiger partial charge >= 0.3 is 5.97 Å². The molecular formula is C11H16O2. The van der Waals surface area contributed by atoms with Crippen LogP contribution in [0.5, 0.6) is 0 Å². The fourth-order valence-electron chi connectivity index (χ4n) is 0.950. The van der Waals surface area contributed by atoms with E-state index in [1.54, 1.807) is 18.2 Å². The summed E-state index contributed by atoms with van der Waals surface area (Å²) in [6.07, 6.45) is 6.23. The maximum atomic E-state index is 11.3. The molecule has 0 heterocycles. The Morgan fingerprint density at radius 1 is 1.15 bits per heavy atom. The number of esters is 1. The van der Waals surface area contributed by atoms with Gasteiger partial charge in [-0.2, -0.15) is 0 Å². The molecule has 0 unspecified atom stereocenters. The second-order valence-corrected chi connectivity index (χ2v) is 2.66. The van der Waals surface area contributed by atoms with Gasteiger partial charge in [-0.05, 0) is 12.8 Å². The number of ether oxygens (including phenoxy) is 1. The van der Waals surface area contributed by atoms with Crippen LogP contribution < -0.4 is 0 Å². The Balaban J connectivity index is 4.00. The first kappa shape index (κ1) is 11.7. The molecule has 0 amide bonds. The van der Waals surface area contributed by atoms with Gasteiger partial charge in [0, 0.05) is 0 Å². The Kier molecular flexibility index (Phi) is 6.60. The predicted octanol–water partition coefficient (Wildman–Crippen LogP) is 2.48. The molecule has 0 aliphatic carbocycles. The van der Waals surface area contributed by atoms with Gasteiger partial charge in [-0.1, -0.05) is 24.8 Å². The summed E-state index contributed by atoms with van der Waals surface area (Å²) in [6, 6.07) is 0. The van der Waals surface area contributed by atoms with Crippen LogP contribution in [-0.2, 0) is 9.53 Å². The third kappa shape index (κ3) is 5.01. The Labute approximate surface area is 79.6 Å².